The number of aromatic nitrogens is 2. The van der Waals surface area contributed by atoms with E-state index in [1.807, 2.05) is 20.8 Å². The summed E-state index contributed by atoms with van der Waals surface area (Å²) in [7, 11) is 3.05. The first-order valence-electron chi connectivity index (χ1n) is 27.8. The number of benzene rings is 2. The first-order valence-corrected chi connectivity index (χ1v) is 29.8. The van der Waals surface area contributed by atoms with Gasteiger partial charge in [-0.15, -0.1) is 23.5 Å². The molecule has 2 aromatic carbocycles. The second-order valence-electron chi connectivity index (χ2n) is 21.4. The molecule has 7 amide bonds. The number of hydrogen-bond acceptors (Lipinski definition) is 18. The van der Waals surface area contributed by atoms with Crippen LogP contribution in [0.3, 0.4) is 0 Å². The molecule has 0 bridgehead atoms. The Balaban J connectivity index is 0.965. The molecule has 24 nitrogen and oxygen atoms in total. The van der Waals surface area contributed by atoms with Crippen LogP contribution < -0.4 is 37.3 Å². The van der Waals surface area contributed by atoms with Crippen LogP contribution in [0.4, 0.5) is 24.9 Å². The summed E-state index contributed by atoms with van der Waals surface area (Å²) in [5.74, 6) is -1.52. The fourth-order valence-corrected chi connectivity index (χ4v) is 11.4. The lowest BCUT2D eigenvalue weighted by Crippen LogP contribution is -2.54. The number of nitrogens with two attached hydrogens (primary N) is 1. The van der Waals surface area contributed by atoms with Crippen molar-refractivity contribution < 1.29 is 67.1 Å². The molecule has 0 saturated heterocycles. The number of rotatable bonds is 27. The van der Waals surface area contributed by atoms with Gasteiger partial charge in [0.05, 0.1) is 39.0 Å². The number of fused-ring (bicyclic) bond motifs is 5. The molecule has 3 atom stereocenters. The molecule has 4 heterocycles. The van der Waals surface area contributed by atoms with Gasteiger partial charge in [-0.2, -0.15) is 0 Å². The summed E-state index contributed by atoms with van der Waals surface area (Å²) in [4.78, 5) is 124. The van der Waals surface area contributed by atoms with Gasteiger partial charge in [0, 0.05) is 67.4 Å². The van der Waals surface area contributed by atoms with Crippen LogP contribution in [0.1, 0.15) is 102 Å². The van der Waals surface area contributed by atoms with Crippen LogP contribution in [-0.4, -0.2) is 147 Å². The number of anilines is 1. The third-order valence-corrected chi connectivity index (χ3v) is 17.0. The van der Waals surface area contributed by atoms with Crippen molar-refractivity contribution in [3.63, 3.8) is 0 Å². The predicted octanol–water partition coefficient (Wildman–Crippen LogP) is 6.37. The largest absolute Gasteiger partial charge is 0.465 e. The summed E-state index contributed by atoms with van der Waals surface area (Å²) >= 11 is 3.17. The van der Waals surface area contributed by atoms with Crippen LogP contribution in [0.5, 0.6) is 5.75 Å². The van der Waals surface area contributed by atoms with Crippen molar-refractivity contribution in [3.05, 3.63) is 86.7 Å². The van der Waals surface area contributed by atoms with Gasteiger partial charge in [0.25, 0.3) is 5.56 Å². The number of cyclic esters (lactones) is 1. The molecule has 0 saturated carbocycles. The van der Waals surface area contributed by atoms with Gasteiger partial charge in [-0.25, -0.2) is 29.0 Å². The SMILES string of the molecule is CCc1c2c(nc3ccc(OC(=O)N(C)CCN(C)C(=O)OCc4ccc(NC(=O)[C@H](CCCNC(N)=O)NC(=O)[C@@H](NC(=O)OCCSC(C)(C)SCCOC(=O)C(C)C)C(C)C)cc4)cc13)-c1cc3c(c(=O)n1C2)COC(=O)[C@]3(O)CC. The highest BCUT2D eigenvalue weighted by atomic mass is 32.2. The maximum atomic E-state index is 13.8. The van der Waals surface area contributed by atoms with E-state index in [1.54, 1.807) is 111 Å². The van der Waals surface area contributed by atoms with Crippen LogP contribution in [0.25, 0.3) is 22.3 Å². The Morgan fingerprint density at radius 3 is 2.17 bits per heavy atom. The standard InChI is InChI=1S/C58H77N9O15S2/c1-11-38-39-28-37(19-20-43(39)62-47-40(38)30-67-45(47)29-42-41(50(67)70)32-80-52(72)58(42,77)12-2)82-56(76)66(10)23-22-65(9)55(75)81-31-35-15-17-36(18-16-35)61-48(68)44(14-13-21-60-53(59)73)63-49(69)46(33(3)4)64-54(74)79-25-27-84-57(7,8)83-26-24-78-51(71)34(5)6/h15-20,28-29,33-34,44,46,77H,11-14,21-27,30-32H2,1-10H3,(H,61,68)(H,63,69)(H,64,74)(H3,59,60,73)/t44-,46-,58-/m0/s1. The van der Waals surface area contributed by atoms with Crippen LogP contribution >= 0.6 is 23.5 Å². The number of likely N-dealkylation sites (N-methyl/N-ethyl adjacent to an activating group) is 2. The number of thioether (sulfide) groups is 2. The lowest BCUT2D eigenvalue weighted by Gasteiger charge is -2.31. The lowest BCUT2D eigenvalue weighted by atomic mass is 9.86. The van der Waals surface area contributed by atoms with Gasteiger partial charge >= 0.3 is 36.2 Å². The summed E-state index contributed by atoms with van der Waals surface area (Å²) < 4.78 is 28.5. The van der Waals surface area contributed by atoms with Gasteiger partial charge in [-0.05, 0) is 93.0 Å². The van der Waals surface area contributed by atoms with Crippen molar-refractivity contribution in [2.45, 2.75) is 123 Å². The average molecular weight is 1200 g/mol. The Morgan fingerprint density at radius 1 is 0.869 bits per heavy atom. The zero-order valence-corrected chi connectivity index (χ0v) is 50.8. The van der Waals surface area contributed by atoms with Gasteiger partial charge in [-0.3, -0.25) is 19.2 Å². The number of urea groups is 1. The molecule has 2 aliphatic rings. The number of pyridine rings is 2. The third-order valence-electron chi connectivity index (χ3n) is 14.2. The molecule has 0 radical (unpaired) electrons. The Hall–Kier alpha value is -7.58. The molecule has 0 fully saturated rings. The number of esters is 2. The molecular weight excluding hydrogens is 1130 g/mol. The van der Waals surface area contributed by atoms with Gasteiger partial charge in [0.1, 0.15) is 44.3 Å². The predicted molar refractivity (Wildman–Crippen MR) is 317 cm³/mol. The van der Waals surface area contributed by atoms with Crippen molar-refractivity contribution in [1.29, 1.82) is 0 Å². The number of nitrogens with one attached hydrogen (secondary N) is 4. The summed E-state index contributed by atoms with van der Waals surface area (Å²) in [5, 5.41) is 22.6. The number of ether oxygens (including phenoxy) is 5. The van der Waals surface area contributed by atoms with E-state index in [0.29, 0.717) is 52.7 Å². The zero-order chi connectivity index (χ0) is 61.6. The van der Waals surface area contributed by atoms with Gasteiger partial charge in [-0.1, -0.05) is 53.7 Å². The molecule has 26 heteroatoms. The van der Waals surface area contributed by atoms with Crippen molar-refractivity contribution in [2.24, 2.45) is 17.6 Å². The molecule has 0 spiro atoms. The lowest BCUT2D eigenvalue weighted by molar-refractivity contribution is -0.172. The minimum atomic E-state index is -1.95. The number of alkyl carbamates (subject to hydrolysis) is 1. The van der Waals surface area contributed by atoms with Crippen LogP contribution in [0, 0.1) is 11.8 Å². The van der Waals surface area contributed by atoms with E-state index in [9.17, 15) is 48.3 Å². The molecule has 2 aliphatic heterocycles. The monoisotopic (exact) mass is 1200 g/mol. The van der Waals surface area contributed by atoms with Gasteiger partial charge < -0.3 is 70.2 Å². The maximum absolute atomic E-state index is 13.8. The number of carbonyl (C=O) groups excluding carboxylic acids is 8. The number of amides is 7. The van der Waals surface area contributed by atoms with E-state index in [0.717, 1.165) is 16.5 Å². The van der Waals surface area contributed by atoms with E-state index in [-0.39, 0.29) is 104 Å². The molecule has 2 aromatic heterocycles. The van der Waals surface area contributed by atoms with E-state index in [2.05, 4.69) is 21.3 Å². The highest BCUT2D eigenvalue weighted by Gasteiger charge is 2.45. The summed E-state index contributed by atoms with van der Waals surface area (Å²) in [5.41, 5.74) is 7.67. The second-order valence-corrected chi connectivity index (χ2v) is 25.1. The van der Waals surface area contributed by atoms with E-state index in [4.69, 9.17) is 34.4 Å². The van der Waals surface area contributed by atoms with Gasteiger partial charge in [0.15, 0.2) is 5.60 Å². The Kier molecular flexibility index (Phi) is 22.9. The van der Waals surface area contributed by atoms with Crippen molar-refractivity contribution in [1.82, 2.24) is 35.3 Å². The van der Waals surface area contributed by atoms with Gasteiger partial charge in [0.2, 0.25) is 11.8 Å². The smallest absolute Gasteiger partial charge is 0.415 e. The second kappa shape index (κ2) is 29.3. The molecule has 84 heavy (non-hydrogen) atoms. The number of aliphatic hydroxyl groups is 1. The zero-order valence-electron chi connectivity index (χ0n) is 49.2. The van der Waals surface area contributed by atoms with E-state index >= 15 is 0 Å². The van der Waals surface area contributed by atoms with Crippen LogP contribution in [-0.2, 0) is 69.9 Å². The molecule has 4 aromatic rings. The minimum absolute atomic E-state index is 0.0250. The first-order chi connectivity index (χ1) is 39.8. The highest BCUT2D eigenvalue weighted by Crippen LogP contribution is 2.41. The summed E-state index contributed by atoms with van der Waals surface area (Å²) in [6.07, 6.45) is -1.20. The normalized spacial score (nSPS) is 14.9. The molecule has 6 rings (SSSR count). The van der Waals surface area contributed by atoms with Crippen LogP contribution in [0.15, 0.2) is 53.3 Å². The highest BCUT2D eigenvalue weighted by molar-refractivity contribution is 8.18. The van der Waals surface area contributed by atoms with Crippen molar-refractivity contribution in [3.8, 4) is 17.1 Å². The number of aryl methyl sites for hydroxylation is 1. The number of hydrogen-bond donors (Lipinski definition) is 6. The third kappa shape index (κ3) is 16.8. The molecular formula is C58H77N9O15S2. The molecule has 0 unspecified atom stereocenters. The van der Waals surface area contributed by atoms with E-state index in [1.165, 1.54) is 23.9 Å². The number of primary amides is 1. The average Bonchev–Trinajstić information content (AvgIpc) is 1.58. The Bertz CT molecular complexity index is 3150. The summed E-state index contributed by atoms with van der Waals surface area (Å²) in [6.45, 7) is 15.2. The number of carbonyl (C=O) groups is 8. The molecule has 456 valence electrons. The summed E-state index contributed by atoms with van der Waals surface area (Å²) in [6, 6.07) is 10.3. The van der Waals surface area contributed by atoms with Crippen molar-refractivity contribution >= 4 is 88.2 Å². The Morgan fingerprint density at radius 2 is 1.54 bits per heavy atom. The first kappa shape index (κ1) is 65.6. The van der Waals surface area contributed by atoms with Crippen LogP contribution in [0.2, 0.25) is 0 Å². The topological polar surface area (TPSA) is 318 Å². The fourth-order valence-electron chi connectivity index (χ4n) is 9.25. The van der Waals surface area contributed by atoms with Crippen molar-refractivity contribution in [2.75, 3.05) is 63.8 Å². The molecule has 7 N–H and O–H groups in total. The Labute approximate surface area is 496 Å². The fraction of sp³-hybridized carbons (Fsp3) is 0.517. The quantitative estimate of drug-likeness (QED) is 0.0144. The minimum Gasteiger partial charge on any atom is -0.465 e. The molecule has 0 aliphatic carbocycles. The maximum Gasteiger partial charge on any atom is 0.415 e. The number of nitrogens with zero attached hydrogens (tertiary/aromatic N) is 4. The van der Waals surface area contributed by atoms with E-state index < -0.39 is 65.7 Å².